The number of carbonyl (C=O) groups excluding carboxylic acids is 2. The van der Waals surface area contributed by atoms with E-state index < -0.39 is 5.82 Å². The molecule has 1 aromatic heterocycles. The second-order valence-electron chi connectivity index (χ2n) is 8.94. The van der Waals surface area contributed by atoms with Crippen LogP contribution in [0.5, 0.6) is 0 Å². The number of fused-ring (bicyclic) bond motifs is 1. The van der Waals surface area contributed by atoms with Gasteiger partial charge in [-0.3, -0.25) is 9.59 Å². The lowest BCUT2D eigenvalue weighted by Gasteiger charge is -2.36. The first kappa shape index (κ1) is 22.7. The number of halogens is 1. The minimum atomic E-state index is -0.416. The fourth-order valence-corrected chi connectivity index (χ4v) is 4.53. The zero-order valence-electron chi connectivity index (χ0n) is 19.8. The quantitative estimate of drug-likeness (QED) is 0.371. The average Bonchev–Trinajstić information content (AvgIpc) is 2.88. The molecule has 0 atom stereocenters. The van der Waals surface area contributed by atoms with Gasteiger partial charge in [0.1, 0.15) is 5.82 Å². The topological polar surface area (TPSA) is 53.5 Å². The van der Waals surface area contributed by atoms with Crippen molar-refractivity contribution in [2.75, 3.05) is 31.1 Å². The Kier molecular flexibility index (Phi) is 6.03. The number of Topliss-reactive ketones (excluding diaryl/α,β-unsaturated/α-hetero) is 1. The number of hydrogen-bond donors (Lipinski definition) is 0. The third kappa shape index (κ3) is 4.52. The SMILES string of the molecule is CC(=O)c1ccc(N2CCN(C(=O)c3cc(-c4ccc(C)cc4)nc4ccccc34)CC2)c(F)c1. The second-order valence-corrected chi connectivity index (χ2v) is 8.94. The van der Waals surface area contributed by atoms with Crippen LogP contribution in [0.2, 0.25) is 0 Å². The number of rotatable bonds is 4. The van der Waals surface area contributed by atoms with Crippen LogP contribution in [-0.4, -0.2) is 47.8 Å². The molecule has 1 saturated heterocycles. The number of aromatic nitrogens is 1. The van der Waals surface area contributed by atoms with Crippen molar-refractivity contribution in [2.45, 2.75) is 13.8 Å². The van der Waals surface area contributed by atoms with Gasteiger partial charge in [-0.15, -0.1) is 0 Å². The summed E-state index contributed by atoms with van der Waals surface area (Å²) in [6.45, 7) is 5.43. The smallest absolute Gasteiger partial charge is 0.254 e. The lowest BCUT2D eigenvalue weighted by molar-refractivity contribution is 0.0748. The first-order valence-corrected chi connectivity index (χ1v) is 11.7. The van der Waals surface area contributed by atoms with Gasteiger partial charge in [0.15, 0.2) is 5.78 Å². The Morgan fingerprint density at radius 1 is 0.886 bits per heavy atom. The van der Waals surface area contributed by atoms with E-state index in [4.69, 9.17) is 4.98 Å². The van der Waals surface area contributed by atoms with Crippen molar-refractivity contribution < 1.29 is 14.0 Å². The van der Waals surface area contributed by atoms with E-state index in [-0.39, 0.29) is 11.7 Å². The molecule has 2 heterocycles. The van der Waals surface area contributed by atoms with Crippen LogP contribution in [0.4, 0.5) is 10.1 Å². The number of ketones is 1. The van der Waals surface area contributed by atoms with E-state index in [0.29, 0.717) is 43.0 Å². The maximum atomic E-state index is 14.6. The molecule has 6 heteroatoms. The lowest BCUT2D eigenvalue weighted by Crippen LogP contribution is -2.49. The number of para-hydroxylation sites is 1. The number of nitrogens with zero attached hydrogens (tertiary/aromatic N) is 3. The Bertz CT molecular complexity index is 1420. The van der Waals surface area contributed by atoms with Gasteiger partial charge < -0.3 is 9.80 Å². The van der Waals surface area contributed by atoms with Crippen LogP contribution < -0.4 is 4.90 Å². The summed E-state index contributed by atoms with van der Waals surface area (Å²) in [5.74, 6) is -0.634. The predicted octanol–water partition coefficient (Wildman–Crippen LogP) is 5.51. The van der Waals surface area contributed by atoms with E-state index in [9.17, 15) is 14.0 Å². The lowest BCUT2D eigenvalue weighted by atomic mass is 10.0. The molecule has 0 aliphatic carbocycles. The van der Waals surface area contributed by atoms with Crippen molar-refractivity contribution in [3.8, 4) is 11.3 Å². The van der Waals surface area contributed by atoms with Gasteiger partial charge in [0.05, 0.1) is 22.5 Å². The van der Waals surface area contributed by atoms with E-state index >= 15 is 0 Å². The molecule has 1 fully saturated rings. The van der Waals surface area contributed by atoms with Gasteiger partial charge in [-0.2, -0.15) is 0 Å². The van der Waals surface area contributed by atoms with Gasteiger partial charge in [0.2, 0.25) is 0 Å². The molecule has 35 heavy (non-hydrogen) atoms. The Morgan fingerprint density at radius 2 is 1.60 bits per heavy atom. The monoisotopic (exact) mass is 467 g/mol. The maximum Gasteiger partial charge on any atom is 0.254 e. The van der Waals surface area contributed by atoms with Crippen LogP contribution in [0.3, 0.4) is 0 Å². The summed E-state index contributed by atoms with van der Waals surface area (Å²) >= 11 is 0. The first-order valence-electron chi connectivity index (χ1n) is 11.7. The number of benzene rings is 3. The van der Waals surface area contributed by atoms with E-state index in [1.807, 2.05) is 71.3 Å². The van der Waals surface area contributed by atoms with Crippen LogP contribution >= 0.6 is 0 Å². The number of aryl methyl sites for hydroxylation is 1. The number of hydrogen-bond acceptors (Lipinski definition) is 4. The molecule has 0 bridgehead atoms. The minimum absolute atomic E-state index is 0.0518. The largest absolute Gasteiger partial charge is 0.366 e. The highest BCUT2D eigenvalue weighted by atomic mass is 19.1. The molecule has 1 aliphatic heterocycles. The molecular weight excluding hydrogens is 441 g/mol. The molecule has 0 spiro atoms. The molecule has 0 N–H and O–H groups in total. The summed E-state index contributed by atoms with van der Waals surface area (Å²) in [7, 11) is 0. The van der Waals surface area contributed by atoms with Crippen molar-refractivity contribution in [3.63, 3.8) is 0 Å². The van der Waals surface area contributed by atoms with Crippen molar-refractivity contribution in [3.05, 3.63) is 95.3 Å². The third-order valence-corrected chi connectivity index (χ3v) is 6.56. The van der Waals surface area contributed by atoms with E-state index in [1.165, 1.54) is 13.0 Å². The summed E-state index contributed by atoms with van der Waals surface area (Å²) in [4.78, 5) is 33.7. The minimum Gasteiger partial charge on any atom is -0.366 e. The molecule has 176 valence electrons. The van der Waals surface area contributed by atoms with Crippen LogP contribution in [0, 0.1) is 12.7 Å². The molecule has 0 unspecified atom stereocenters. The number of anilines is 1. The fraction of sp³-hybridized carbons (Fsp3) is 0.207. The Balaban J connectivity index is 1.40. The predicted molar refractivity (Wildman–Crippen MR) is 136 cm³/mol. The van der Waals surface area contributed by atoms with E-state index in [0.717, 1.165) is 27.7 Å². The molecule has 0 saturated carbocycles. The molecule has 3 aromatic carbocycles. The van der Waals surface area contributed by atoms with Gasteiger partial charge in [-0.25, -0.2) is 9.37 Å². The van der Waals surface area contributed by atoms with Crippen LogP contribution in [0.1, 0.15) is 33.2 Å². The summed E-state index contributed by atoms with van der Waals surface area (Å²) in [5.41, 5.74) is 5.10. The Morgan fingerprint density at radius 3 is 2.29 bits per heavy atom. The first-order chi connectivity index (χ1) is 16.9. The number of amides is 1. The summed E-state index contributed by atoms with van der Waals surface area (Å²) in [5, 5.41) is 0.821. The van der Waals surface area contributed by atoms with Gasteiger partial charge in [0.25, 0.3) is 5.91 Å². The van der Waals surface area contributed by atoms with Gasteiger partial charge in [-0.05, 0) is 44.2 Å². The molecular formula is C29H26FN3O2. The fourth-order valence-electron chi connectivity index (χ4n) is 4.53. The Hall–Kier alpha value is -4.06. The summed E-state index contributed by atoms with van der Waals surface area (Å²) in [6.07, 6.45) is 0. The third-order valence-electron chi connectivity index (χ3n) is 6.56. The normalized spacial score (nSPS) is 13.8. The van der Waals surface area contributed by atoms with Crippen molar-refractivity contribution in [1.82, 2.24) is 9.88 Å². The second kappa shape index (κ2) is 9.29. The molecule has 1 aliphatic rings. The molecule has 4 aromatic rings. The standard InChI is InChI=1S/C29H26FN3O2/c1-19-7-9-21(10-8-19)27-18-24(23-5-3-4-6-26(23)31-27)29(35)33-15-13-32(14-16-33)28-12-11-22(20(2)34)17-25(28)30/h3-12,17-18H,13-16H2,1-2H3. The van der Waals surface area contributed by atoms with E-state index in [2.05, 4.69) is 0 Å². The van der Waals surface area contributed by atoms with Crippen LogP contribution in [-0.2, 0) is 0 Å². The van der Waals surface area contributed by atoms with Crippen molar-refractivity contribution in [2.24, 2.45) is 0 Å². The number of pyridine rings is 1. The summed E-state index contributed by atoms with van der Waals surface area (Å²) < 4.78 is 14.6. The van der Waals surface area contributed by atoms with Crippen LogP contribution in [0.15, 0.2) is 72.8 Å². The maximum absolute atomic E-state index is 14.6. The highest BCUT2D eigenvalue weighted by Gasteiger charge is 2.25. The zero-order valence-corrected chi connectivity index (χ0v) is 19.8. The molecule has 5 nitrogen and oxygen atoms in total. The van der Waals surface area contributed by atoms with Crippen LogP contribution in [0.25, 0.3) is 22.2 Å². The van der Waals surface area contributed by atoms with Crippen molar-refractivity contribution >= 4 is 28.3 Å². The highest BCUT2D eigenvalue weighted by Crippen LogP contribution is 2.27. The number of piperazine rings is 1. The average molecular weight is 468 g/mol. The molecule has 1 amide bonds. The Labute approximate surface area is 203 Å². The van der Waals surface area contributed by atoms with Gasteiger partial charge >= 0.3 is 0 Å². The van der Waals surface area contributed by atoms with Gasteiger partial charge in [0, 0.05) is 42.7 Å². The molecule has 0 radical (unpaired) electrons. The highest BCUT2D eigenvalue weighted by molar-refractivity contribution is 6.07. The number of carbonyl (C=O) groups is 2. The van der Waals surface area contributed by atoms with Gasteiger partial charge in [-0.1, -0.05) is 48.0 Å². The zero-order chi connectivity index (χ0) is 24.5. The van der Waals surface area contributed by atoms with Crippen molar-refractivity contribution in [1.29, 1.82) is 0 Å². The summed E-state index contributed by atoms with van der Waals surface area (Å²) in [6, 6.07) is 22.3. The van der Waals surface area contributed by atoms with E-state index in [1.54, 1.807) is 12.1 Å². The molecule has 5 rings (SSSR count).